The molecule has 0 atom stereocenters. The van der Waals surface area contributed by atoms with Crippen molar-refractivity contribution < 1.29 is 4.79 Å². The molecule has 0 bridgehead atoms. The third kappa shape index (κ3) is 5.34. The van der Waals surface area contributed by atoms with Crippen molar-refractivity contribution in [1.29, 1.82) is 0 Å². The molecule has 0 saturated carbocycles. The van der Waals surface area contributed by atoms with Crippen LogP contribution in [-0.2, 0) is 4.79 Å². The third-order valence-corrected chi connectivity index (χ3v) is 10.6. The van der Waals surface area contributed by atoms with E-state index in [0.717, 1.165) is 32.0 Å². The van der Waals surface area contributed by atoms with E-state index >= 15 is 0 Å². The first-order chi connectivity index (χ1) is 14.3. The van der Waals surface area contributed by atoms with Crippen molar-refractivity contribution in [3.05, 3.63) is 91.0 Å². The number of hydrogen-bond donors (Lipinski definition) is 1. The van der Waals surface area contributed by atoms with E-state index in [-0.39, 0.29) is 5.91 Å². The molecule has 0 aromatic heterocycles. The Balaban J connectivity index is 1.92. The Morgan fingerprint density at radius 3 is 1.59 bits per heavy atom. The van der Waals surface area contributed by atoms with Gasteiger partial charge in [-0.2, -0.15) is 0 Å². The van der Waals surface area contributed by atoms with Gasteiger partial charge in [-0.3, -0.25) is 0 Å². The van der Waals surface area contributed by atoms with Crippen molar-refractivity contribution in [2.45, 2.75) is 32.6 Å². The topological polar surface area (TPSA) is 29.1 Å². The Hall–Kier alpha value is -2.44. The Morgan fingerprint density at radius 2 is 1.17 bits per heavy atom. The summed E-state index contributed by atoms with van der Waals surface area (Å²) in [4.78, 5) is 12.0. The van der Waals surface area contributed by atoms with Crippen molar-refractivity contribution in [2.75, 3.05) is 12.7 Å². The molecule has 0 aliphatic carbocycles. The molecular weight excluding hydrogens is 373 g/mol. The molecule has 0 spiro atoms. The number of rotatable bonds is 10. The van der Waals surface area contributed by atoms with Crippen LogP contribution in [0.1, 0.15) is 32.6 Å². The first-order valence-corrected chi connectivity index (χ1v) is 12.9. The molecule has 0 heterocycles. The van der Waals surface area contributed by atoms with Gasteiger partial charge < -0.3 is 0 Å². The van der Waals surface area contributed by atoms with Gasteiger partial charge in [0.1, 0.15) is 0 Å². The summed E-state index contributed by atoms with van der Waals surface area (Å²) in [6.45, 7) is 2.86. The van der Waals surface area contributed by atoms with Crippen LogP contribution in [0.5, 0.6) is 0 Å². The number of nitrogens with one attached hydrogen (secondary N) is 1. The van der Waals surface area contributed by atoms with Crippen LogP contribution in [0.3, 0.4) is 0 Å². The van der Waals surface area contributed by atoms with Crippen LogP contribution >= 0.6 is 7.26 Å². The number of benzene rings is 3. The second-order valence-electron chi connectivity index (χ2n) is 7.56. The number of unbranched alkanes of at least 4 members (excludes halogenated alkanes) is 1. The molecule has 0 aliphatic rings. The Labute approximate surface area is 175 Å². The summed E-state index contributed by atoms with van der Waals surface area (Å²) in [5, 5.41) is 7.31. The van der Waals surface area contributed by atoms with Crippen LogP contribution in [0.25, 0.3) is 0 Å². The molecule has 29 heavy (non-hydrogen) atoms. The fourth-order valence-corrected chi connectivity index (χ4v) is 9.06. The predicted octanol–water partition coefficient (Wildman–Crippen LogP) is 4.41. The minimum atomic E-state index is -2.15. The normalized spacial score (nSPS) is 11.8. The monoisotopic (exact) mass is 405 g/mol. The van der Waals surface area contributed by atoms with Crippen LogP contribution in [-0.4, -0.2) is 18.6 Å². The molecule has 0 unspecified atom stereocenters. The predicted molar refractivity (Wildman–Crippen MR) is 129 cm³/mol. The molecule has 2 nitrogen and oxygen atoms in total. The first kappa shape index (κ1) is 21.3. The van der Waals surface area contributed by atoms with Crippen molar-refractivity contribution in [3.8, 4) is 0 Å². The average molecular weight is 406 g/mol. The molecule has 1 N–H and O–H groups in total. The van der Waals surface area contributed by atoms with E-state index in [2.05, 4.69) is 103 Å². The van der Waals surface area contributed by atoms with E-state index in [1.165, 1.54) is 15.9 Å². The summed E-state index contributed by atoms with van der Waals surface area (Å²) < 4.78 is 0. The van der Waals surface area contributed by atoms with Gasteiger partial charge in [-0.05, 0) is 0 Å². The SMILES string of the molecule is CCCNC(=O)CCCC[PH](c1ccccc1)(c1ccccc1)c1ccccc1. The third-order valence-electron chi connectivity index (χ3n) is 5.58. The van der Waals surface area contributed by atoms with E-state index in [4.69, 9.17) is 0 Å². The maximum absolute atomic E-state index is 12.0. The van der Waals surface area contributed by atoms with Crippen LogP contribution < -0.4 is 21.2 Å². The quantitative estimate of drug-likeness (QED) is 0.393. The molecule has 3 aromatic rings. The summed E-state index contributed by atoms with van der Waals surface area (Å²) in [6.07, 6.45) is 4.67. The molecule has 0 fully saturated rings. The fraction of sp³-hybridized carbons (Fsp3) is 0.269. The van der Waals surface area contributed by atoms with Crippen molar-refractivity contribution in [3.63, 3.8) is 0 Å². The summed E-state index contributed by atoms with van der Waals surface area (Å²) in [7, 11) is -2.15. The van der Waals surface area contributed by atoms with Crippen molar-refractivity contribution in [1.82, 2.24) is 5.32 Å². The van der Waals surface area contributed by atoms with E-state index < -0.39 is 7.26 Å². The fourth-order valence-electron chi connectivity index (χ4n) is 4.13. The molecule has 0 radical (unpaired) electrons. The molecular formula is C26H32NOP. The summed E-state index contributed by atoms with van der Waals surface area (Å²) in [5.74, 6) is 0.179. The molecule has 0 aliphatic heterocycles. The number of hydrogen-bond acceptors (Lipinski definition) is 1. The van der Waals surface area contributed by atoms with Gasteiger partial charge in [0.05, 0.1) is 0 Å². The first-order valence-electron chi connectivity index (χ1n) is 10.7. The van der Waals surface area contributed by atoms with Crippen molar-refractivity contribution >= 4 is 29.1 Å². The Bertz CT molecular complexity index is 768. The van der Waals surface area contributed by atoms with E-state index in [0.29, 0.717) is 6.42 Å². The van der Waals surface area contributed by atoms with Gasteiger partial charge in [0.15, 0.2) is 0 Å². The molecule has 3 rings (SSSR count). The standard InChI is InChI=1S/C26H32NOP/c1-2-21-27-26(28)20-12-13-22-29(23-14-6-3-7-15-23,24-16-8-4-9-17-24)25-18-10-5-11-19-25/h3-11,14-19,29H,2,12-13,20-22H2,1H3,(H,27,28). The van der Waals surface area contributed by atoms with E-state index in [1.54, 1.807) is 0 Å². The maximum atomic E-state index is 12.0. The number of carbonyl (C=O) groups is 1. The van der Waals surface area contributed by atoms with E-state index in [1.807, 2.05) is 0 Å². The molecule has 152 valence electrons. The average Bonchev–Trinajstić information content (AvgIpc) is 2.80. The Kier molecular flexibility index (Phi) is 8.02. The van der Waals surface area contributed by atoms with Crippen LogP contribution in [0.15, 0.2) is 91.0 Å². The molecule has 3 heteroatoms. The zero-order chi connectivity index (χ0) is 20.4. The number of carbonyl (C=O) groups excluding carboxylic acids is 1. The second-order valence-corrected chi connectivity index (χ2v) is 11.6. The minimum absolute atomic E-state index is 0.179. The zero-order valence-corrected chi connectivity index (χ0v) is 18.3. The molecule has 3 aromatic carbocycles. The number of amides is 1. The van der Waals surface area contributed by atoms with Gasteiger partial charge in [0.25, 0.3) is 0 Å². The second kappa shape index (κ2) is 10.9. The molecule has 0 saturated heterocycles. The van der Waals surface area contributed by atoms with E-state index in [9.17, 15) is 4.79 Å². The summed E-state index contributed by atoms with van der Waals surface area (Å²) in [5.41, 5.74) is 0. The van der Waals surface area contributed by atoms with Gasteiger partial charge in [-0.15, -0.1) is 0 Å². The summed E-state index contributed by atoms with van der Waals surface area (Å²) >= 11 is 0. The van der Waals surface area contributed by atoms with Gasteiger partial charge in [0.2, 0.25) is 0 Å². The van der Waals surface area contributed by atoms with Crippen LogP contribution in [0, 0.1) is 0 Å². The van der Waals surface area contributed by atoms with Gasteiger partial charge in [-0.25, -0.2) is 0 Å². The van der Waals surface area contributed by atoms with Gasteiger partial charge in [-0.1, -0.05) is 0 Å². The molecule has 1 amide bonds. The van der Waals surface area contributed by atoms with Crippen molar-refractivity contribution in [2.24, 2.45) is 0 Å². The van der Waals surface area contributed by atoms with Gasteiger partial charge in [0, 0.05) is 0 Å². The zero-order valence-electron chi connectivity index (χ0n) is 17.3. The van der Waals surface area contributed by atoms with Crippen LogP contribution in [0.4, 0.5) is 0 Å². The van der Waals surface area contributed by atoms with Crippen LogP contribution in [0.2, 0.25) is 0 Å². The summed E-state index contributed by atoms with van der Waals surface area (Å²) in [6, 6.07) is 33.0. The van der Waals surface area contributed by atoms with Gasteiger partial charge >= 0.3 is 176 Å². The Morgan fingerprint density at radius 1 is 0.724 bits per heavy atom.